The summed E-state index contributed by atoms with van der Waals surface area (Å²) in [5.41, 5.74) is 0.347. The Balaban J connectivity index is 1.37. The zero-order valence-corrected chi connectivity index (χ0v) is 13.2. The van der Waals surface area contributed by atoms with Gasteiger partial charge in [-0.1, -0.05) is 0 Å². The molecular formula is C17H23N3O3. The number of rotatable bonds is 5. The molecule has 0 aliphatic heterocycles. The molecular weight excluding hydrogens is 294 g/mol. The fourth-order valence-electron chi connectivity index (χ4n) is 5.62. The van der Waals surface area contributed by atoms with Crippen LogP contribution in [0.15, 0.2) is 12.3 Å². The van der Waals surface area contributed by atoms with E-state index in [-0.39, 0.29) is 18.1 Å². The van der Waals surface area contributed by atoms with Gasteiger partial charge in [-0.25, -0.2) is 9.48 Å². The maximum absolute atomic E-state index is 12.2. The molecule has 0 saturated heterocycles. The lowest BCUT2D eigenvalue weighted by molar-refractivity contribution is -0.124. The minimum Gasteiger partial charge on any atom is -0.477 e. The first-order valence-corrected chi connectivity index (χ1v) is 8.55. The van der Waals surface area contributed by atoms with Crippen molar-refractivity contribution < 1.29 is 14.7 Å². The van der Waals surface area contributed by atoms with Crippen LogP contribution in [0, 0.1) is 23.2 Å². The maximum Gasteiger partial charge on any atom is 0.354 e. The van der Waals surface area contributed by atoms with Crippen molar-refractivity contribution in [2.45, 2.75) is 45.1 Å². The average molecular weight is 317 g/mol. The van der Waals surface area contributed by atoms with Gasteiger partial charge in [0.15, 0.2) is 0 Å². The van der Waals surface area contributed by atoms with Gasteiger partial charge in [-0.2, -0.15) is 5.10 Å². The average Bonchev–Trinajstić information content (AvgIpc) is 2.92. The van der Waals surface area contributed by atoms with Gasteiger partial charge in [-0.15, -0.1) is 0 Å². The lowest BCUT2D eigenvalue weighted by atomic mass is 9.49. The van der Waals surface area contributed by atoms with Crippen LogP contribution in [0.4, 0.5) is 0 Å². The molecule has 2 N–H and O–H groups in total. The van der Waals surface area contributed by atoms with Crippen molar-refractivity contribution in [1.82, 2.24) is 15.1 Å². The van der Waals surface area contributed by atoms with Crippen molar-refractivity contribution in [3.8, 4) is 0 Å². The van der Waals surface area contributed by atoms with Crippen LogP contribution in [0.5, 0.6) is 0 Å². The summed E-state index contributed by atoms with van der Waals surface area (Å²) in [6, 6.07) is 1.41. The Bertz CT molecular complexity index is 601. The molecule has 1 heterocycles. The fraction of sp³-hybridized carbons (Fsp3) is 0.706. The van der Waals surface area contributed by atoms with Gasteiger partial charge in [-0.05, 0) is 67.8 Å². The summed E-state index contributed by atoms with van der Waals surface area (Å²) in [5.74, 6) is 1.39. The van der Waals surface area contributed by atoms with Crippen LogP contribution >= 0.6 is 0 Å². The highest BCUT2D eigenvalue weighted by molar-refractivity contribution is 5.86. The van der Waals surface area contributed by atoms with Crippen LogP contribution in [-0.4, -0.2) is 33.3 Å². The molecule has 0 aromatic carbocycles. The summed E-state index contributed by atoms with van der Waals surface area (Å²) in [7, 11) is 0. The molecule has 0 spiro atoms. The molecule has 0 unspecified atom stereocenters. The van der Waals surface area contributed by atoms with Crippen LogP contribution in [0.25, 0.3) is 0 Å². The van der Waals surface area contributed by atoms with E-state index in [0.717, 1.165) is 24.3 Å². The number of nitrogens with zero attached hydrogens (tertiary/aromatic N) is 2. The molecule has 6 heteroatoms. The molecule has 1 aromatic rings. The highest BCUT2D eigenvalue weighted by Gasteiger charge is 2.50. The number of nitrogens with one attached hydrogen (secondary N) is 1. The van der Waals surface area contributed by atoms with Gasteiger partial charge in [-0.3, -0.25) is 4.79 Å². The van der Waals surface area contributed by atoms with E-state index >= 15 is 0 Å². The second-order valence-corrected chi connectivity index (χ2v) is 7.87. The summed E-state index contributed by atoms with van der Waals surface area (Å²) in [4.78, 5) is 23.3. The number of aromatic carboxylic acids is 1. The lowest BCUT2D eigenvalue weighted by Gasteiger charge is -2.56. The van der Waals surface area contributed by atoms with Crippen molar-refractivity contribution in [2.24, 2.45) is 23.2 Å². The van der Waals surface area contributed by atoms with Gasteiger partial charge in [0.05, 0.1) is 0 Å². The highest BCUT2D eigenvalue weighted by Crippen LogP contribution is 2.59. The second kappa shape index (κ2) is 5.35. The topological polar surface area (TPSA) is 84.2 Å². The third-order valence-electron chi connectivity index (χ3n) is 6.05. The van der Waals surface area contributed by atoms with E-state index < -0.39 is 5.97 Å². The smallest absolute Gasteiger partial charge is 0.354 e. The fourth-order valence-corrected chi connectivity index (χ4v) is 5.62. The molecule has 0 atom stereocenters. The van der Waals surface area contributed by atoms with Gasteiger partial charge in [0, 0.05) is 12.7 Å². The Morgan fingerprint density at radius 2 is 1.83 bits per heavy atom. The van der Waals surface area contributed by atoms with Crippen molar-refractivity contribution in [3.05, 3.63) is 18.0 Å². The molecule has 6 nitrogen and oxygen atoms in total. The first kappa shape index (κ1) is 14.7. The molecule has 4 aliphatic carbocycles. The van der Waals surface area contributed by atoms with E-state index in [1.807, 2.05) is 0 Å². The first-order valence-electron chi connectivity index (χ1n) is 8.55. The standard InChI is InChI=1S/C17H23N3O3/c21-15(9-20-14(16(22)23)1-2-19-20)18-10-17-6-11-3-12(7-17)5-13(4-11)8-17/h1-2,11-13H,3-10H2,(H,18,21)(H,22,23). The van der Waals surface area contributed by atoms with Crippen molar-refractivity contribution in [3.63, 3.8) is 0 Å². The lowest BCUT2D eigenvalue weighted by Crippen LogP contribution is -2.51. The van der Waals surface area contributed by atoms with E-state index in [9.17, 15) is 9.59 Å². The Kier molecular flexibility index (Phi) is 3.43. The quantitative estimate of drug-likeness (QED) is 0.869. The van der Waals surface area contributed by atoms with Crippen molar-refractivity contribution >= 4 is 11.9 Å². The van der Waals surface area contributed by atoms with Crippen LogP contribution in [0.1, 0.15) is 49.0 Å². The number of aromatic nitrogens is 2. The molecule has 0 radical (unpaired) electrons. The van der Waals surface area contributed by atoms with E-state index in [2.05, 4.69) is 10.4 Å². The molecule has 4 bridgehead atoms. The van der Waals surface area contributed by atoms with Gasteiger partial charge < -0.3 is 10.4 Å². The number of hydrogen-bond donors (Lipinski definition) is 2. The summed E-state index contributed by atoms with van der Waals surface area (Å²) in [6.07, 6.45) is 9.34. The number of hydrogen-bond acceptors (Lipinski definition) is 3. The van der Waals surface area contributed by atoms with Crippen LogP contribution < -0.4 is 5.32 Å². The monoisotopic (exact) mass is 317 g/mol. The molecule has 4 aliphatic rings. The van der Waals surface area contributed by atoms with Crippen LogP contribution in [0.3, 0.4) is 0 Å². The Hall–Kier alpha value is -1.85. The number of carbonyl (C=O) groups is 2. The molecule has 1 amide bonds. The summed E-state index contributed by atoms with van der Waals surface area (Å²) in [5, 5.41) is 16.0. The Labute approximate surface area is 135 Å². The molecule has 4 fully saturated rings. The predicted octanol–water partition coefficient (Wildman–Crippen LogP) is 1.91. The van der Waals surface area contributed by atoms with E-state index in [4.69, 9.17) is 5.11 Å². The molecule has 5 rings (SSSR count). The Morgan fingerprint density at radius 3 is 2.39 bits per heavy atom. The van der Waals surface area contributed by atoms with Gasteiger partial charge in [0.1, 0.15) is 12.2 Å². The Morgan fingerprint density at radius 1 is 1.22 bits per heavy atom. The highest BCUT2D eigenvalue weighted by atomic mass is 16.4. The zero-order chi connectivity index (χ0) is 16.0. The molecule has 4 saturated carbocycles. The number of carboxylic acid groups (broad SMARTS) is 1. The molecule has 124 valence electrons. The normalized spacial score (nSPS) is 34.5. The second-order valence-electron chi connectivity index (χ2n) is 7.87. The van der Waals surface area contributed by atoms with Gasteiger partial charge in [0.25, 0.3) is 0 Å². The summed E-state index contributed by atoms with van der Waals surface area (Å²) < 4.78 is 1.25. The predicted molar refractivity (Wildman–Crippen MR) is 82.8 cm³/mol. The largest absolute Gasteiger partial charge is 0.477 e. The minimum atomic E-state index is -1.06. The summed E-state index contributed by atoms with van der Waals surface area (Å²) >= 11 is 0. The third kappa shape index (κ3) is 2.75. The molecule has 1 aromatic heterocycles. The van der Waals surface area contributed by atoms with E-state index in [1.54, 1.807) is 0 Å². The maximum atomic E-state index is 12.2. The minimum absolute atomic E-state index is 0.0268. The van der Waals surface area contributed by atoms with Crippen molar-refractivity contribution in [2.75, 3.05) is 6.54 Å². The van der Waals surface area contributed by atoms with E-state index in [0.29, 0.717) is 5.41 Å². The SMILES string of the molecule is O=C(Cn1nccc1C(=O)O)NCC12CC3CC(CC(C3)C1)C2. The van der Waals surface area contributed by atoms with Gasteiger partial charge in [0.2, 0.25) is 5.91 Å². The van der Waals surface area contributed by atoms with E-state index in [1.165, 1.54) is 55.5 Å². The van der Waals surface area contributed by atoms with Gasteiger partial charge >= 0.3 is 5.97 Å². The number of amides is 1. The van der Waals surface area contributed by atoms with Crippen molar-refractivity contribution in [1.29, 1.82) is 0 Å². The number of carbonyl (C=O) groups excluding carboxylic acids is 1. The van der Waals surface area contributed by atoms with Crippen LogP contribution in [0.2, 0.25) is 0 Å². The zero-order valence-electron chi connectivity index (χ0n) is 13.2. The summed E-state index contributed by atoms with van der Waals surface area (Å²) in [6.45, 7) is 0.708. The van der Waals surface area contributed by atoms with Crippen LogP contribution in [-0.2, 0) is 11.3 Å². The third-order valence-corrected chi connectivity index (χ3v) is 6.05. The first-order chi connectivity index (χ1) is 11.0. The number of carboxylic acids is 1. The molecule has 23 heavy (non-hydrogen) atoms.